The smallest absolute Gasteiger partial charge is 0.319 e. The lowest BCUT2D eigenvalue weighted by molar-refractivity contribution is -0.136. The van der Waals surface area contributed by atoms with E-state index in [2.05, 4.69) is 0 Å². The van der Waals surface area contributed by atoms with Crippen molar-refractivity contribution in [3.05, 3.63) is 18.2 Å². The standard InChI is InChI=1S/C14H18O5S/c1-2-4-13(14(15)16)20(17)10-5-6-11-12(9-10)19-8-3-7-18-11/h5-6,9,13H,2-4,7-8H2,1H3,(H,15,16). The zero-order valence-corrected chi connectivity index (χ0v) is 12.1. The minimum atomic E-state index is -1.59. The molecule has 1 aliphatic rings. The van der Waals surface area contributed by atoms with Gasteiger partial charge >= 0.3 is 5.97 Å². The minimum absolute atomic E-state index is 0.385. The predicted molar refractivity (Wildman–Crippen MR) is 74.8 cm³/mol. The van der Waals surface area contributed by atoms with Crippen LogP contribution >= 0.6 is 0 Å². The Morgan fingerprint density at radius 1 is 1.35 bits per heavy atom. The molecule has 0 saturated heterocycles. The van der Waals surface area contributed by atoms with E-state index in [4.69, 9.17) is 9.47 Å². The molecule has 1 heterocycles. The van der Waals surface area contributed by atoms with Gasteiger partial charge in [-0.05, 0) is 18.6 Å². The van der Waals surface area contributed by atoms with Gasteiger partial charge in [0.2, 0.25) is 0 Å². The normalized spacial score (nSPS) is 17.1. The molecule has 0 amide bonds. The van der Waals surface area contributed by atoms with Crippen LogP contribution in [0.1, 0.15) is 26.2 Å². The lowest BCUT2D eigenvalue weighted by Crippen LogP contribution is -2.25. The van der Waals surface area contributed by atoms with Crippen LogP contribution in [0.25, 0.3) is 0 Å². The second-order valence-corrected chi connectivity index (χ2v) is 6.21. The summed E-state index contributed by atoms with van der Waals surface area (Å²) in [4.78, 5) is 11.7. The summed E-state index contributed by atoms with van der Waals surface area (Å²) < 4.78 is 23.4. The first kappa shape index (κ1) is 14.8. The summed E-state index contributed by atoms with van der Waals surface area (Å²) in [6.07, 6.45) is 1.85. The third-order valence-corrected chi connectivity index (χ3v) is 4.71. The first-order valence-corrected chi connectivity index (χ1v) is 7.87. The van der Waals surface area contributed by atoms with Crippen molar-refractivity contribution in [2.45, 2.75) is 36.3 Å². The monoisotopic (exact) mass is 298 g/mol. The van der Waals surface area contributed by atoms with E-state index in [9.17, 15) is 14.1 Å². The molecule has 0 spiro atoms. The Hall–Kier alpha value is -1.56. The molecule has 1 N–H and O–H groups in total. The number of ether oxygens (including phenoxy) is 2. The van der Waals surface area contributed by atoms with Crippen molar-refractivity contribution in [2.24, 2.45) is 0 Å². The summed E-state index contributed by atoms with van der Waals surface area (Å²) in [5, 5.41) is 8.29. The molecule has 0 bridgehead atoms. The highest BCUT2D eigenvalue weighted by Crippen LogP contribution is 2.32. The molecule has 6 heteroatoms. The van der Waals surface area contributed by atoms with Crippen molar-refractivity contribution in [2.75, 3.05) is 13.2 Å². The second-order valence-electron chi connectivity index (χ2n) is 4.57. The summed E-state index contributed by atoms with van der Waals surface area (Å²) in [6.45, 7) is 3.00. The Bertz CT molecular complexity index is 514. The van der Waals surface area contributed by atoms with E-state index < -0.39 is 22.0 Å². The molecule has 1 aromatic rings. The molecule has 110 valence electrons. The third-order valence-electron chi connectivity index (χ3n) is 3.04. The molecular formula is C14H18O5S. The van der Waals surface area contributed by atoms with Gasteiger partial charge in [-0.15, -0.1) is 0 Å². The Morgan fingerprint density at radius 2 is 2.05 bits per heavy atom. The summed E-state index contributed by atoms with van der Waals surface area (Å²) >= 11 is 0. The highest BCUT2D eigenvalue weighted by Gasteiger charge is 2.26. The Morgan fingerprint density at radius 3 is 2.70 bits per heavy atom. The average molecular weight is 298 g/mol. The molecule has 1 aliphatic heterocycles. The van der Waals surface area contributed by atoms with E-state index in [0.29, 0.717) is 42.4 Å². The fraction of sp³-hybridized carbons (Fsp3) is 0.500. The molecule has 0 fully saturated rings. The van der Waals surface area contributed by atoms with Gasteiger partial charge in [-0.2, -0.15) is 0 Å². The molecule has 2 atom stereocenters. The van der Waals surface area contributed by atoms with E-state index in [0.717, 1.165) is 6.42 Å². The molecule has 2 unspecified atom stereocenters. The van der Waals surface area contributed by atoms with Crippen molar-refractivity contribution in [1.82, 2.24) is 0 Å². The topological polar surface area (TPSA) is 72.8 Å². The number of rotatable bonds is 5. The van der Waals surface area contributed by atoms with E-state index in [1.165, 1.54) is 0 Å². The number of fused-ring (bicyclic) bond motifs is 1. The van der Waals surface area contributed by atoms with Crippen LogP contribution in [0.4, 0.5) is 0 Å². The van der Waals surface area contributed by atoms with Gasteiger partial charge in [0.05, 0.1) is 24.0 Å². The van der Waals surface area contributed by atoms with E-state index >= 15 is 0 Å². The average Bonchev–Trinajstić information content (AvgIpc) is 2.68. The molecule has 5 nitrogen and oxygen atoms in total. The van der Waals surface area contributed by atoms with Crippen LogP contribution in [-0.4, -0.2) is 33.7 Å². The van der Waals surface area contributed by atoms with Gasteiger partial charge in [0.25, 0.3) is 0 Å². The largest absolute Gasteiger partial charge is 0.490 e. The molecule has 20 heavy (non-hydrogen) atoms. The maximum Gasteiger partial charge on any atom is 0.319 e. The molecule has 0 radical (unpaired) electrons. The molecule has 0 saturated carbocycles. The zero-order chi connectivity index (χ0) is 14.5. The summed E-state index contributed by atoms with van der Waals surface area (Å²) in [6, 6.07) is 4.97. The highest BCUT2D eigenvalue weighted by atomic mass is 32.2. The van der Waals surface area contributed by atoms with Crippen LogP contribution in [0, 0.1) is 0 Å². The number of carboxylic acid groups (broad SMARTS) is 1. The van der Waals surface area contributed by atoms with Crippen molar-refractivity contribution in [1.29, 1.82) is 0 Å². The number of hydrogen-bond donors (Lipinski definition) is 1. The van der Waals surface area contributed by atoms with E-state index in [-0.39, 0.29) is 0 Å². The third kappa shape index (κ3) is 3.30. The molecule has 0 aromatic heterocycles. The quantitative estimate of drug-likeness (QED) is 0.902. The van der Waals surface area contributed by atoms with E-state index in [1.807, 2.05) is 6.92 Å². The lowest BCUT2D eigenvalue weighted by atomic mass is 10.2. The molecular weight excluding hydrogens is 280 g/mol. The zero-order valence-electron chi connectivity index (χ0n) is 11.3. The van der Waals surface area contributed by atoms with Gasteiger partial charge in [-0.3, -0.25) is 9.00 Å². The van der Waals surface area contributed by atoms with Gasteiger partial charge in [0.15, 0.2) is 11.5 Å². The van der Waals surface area contributed by atoms with Crippen molar-refractivity contribution >= 4 is 16.8 Å². The summed E-state index contributed by atoms with van der Waals surface area (Å²) in [5.74, 6) is 0.122. The minimum Gasteiger partial charge on any atom is -0.490 e. The summed E-state index contributed by atoms with van der Waals surface area (Å²) in [7, 11) is -1.59. The van der Waals surface area contributed by atoms with Crippen molar-refractivity contribution < 1.29 is 23.6 Å². The van der Waals surface area contributed by atoms with Crippen molar-refractivity contribution in [3.8, 4) is 11.5 Å². The highest BCUT2D eigenvalue weighted by molar-refractivity contribution is 7.86. The number of carboxylic acids is 1. The Kier molecular flexibility index (Phi) is 5.00. The maximum absolute atomic E-state index is 12.4. The summed E-state index contributed by atoms with van der Waals surface area (Å²) in [5.41, 5.74) is 0. The van der Waals surface area contributed by atoms with Crippen LogP contribution in [0.5, 0.6) is 11.5 Å². The predicted octanol–water partition coefficient (Wildman–Crippen LogP) is 2.21. The lowest BCUT2D eigenvalue weighted by Gasteiger charge is -2.13. The fourth-order valence-electron chi connectivity index (χ4n) is 2.02. The Labute approximate surface area is 120 Å². The number of hydrogen-bond acceptors (Lipinski definition) is 4. The van der Waals surface area contributed by atoms with Crippen LogP contribution in [0.15, 0.2) is 23.1 Å². The second kappa shape index (κ2) is 6.74. The van der Waals surface area contributed by atoms with E-state index in [1.54, 1.807) is 18.2 Å². The van der Waals surface area contributed by atoms with Gasteiger partial charge in [-0.25, -0.2) is 0 Å². The fourth-order valence-corrected chi connectivity index (χ4v) is 3.40. The van der Waals surface area contributed by atoms with Crippen molar-refractivity contribution in [3.63, 3.8) is 0 Å². The first-order chi connectivity index (χ1) is 9.63. The maximum atomic E-state index is 12.4. The SMILES string of the molecule is CCCC(C(=O)O)S(=O)c1ccc2c(c1)OCCCO2. The van der Waals surface area contributed by atoms with Gasteiger partial charge in [0, 0.05) is 17.4 Å². The van der Waals surface area contributed by atoms with Gasteiger partial charge in [0.1, 0.15) is 5.25 Å². The van der Waals surface area contributed by atoms with Crippen LogP contribution in [-0.2, 0) is 15.6 Å². The van der Waals surface area contributed by atoms with Crippen LogP contribution < -0.4 is 9.47 Å². The van der Waals surface area contributed by atoms with Crippen LogP contribution in [0.3, 0.4) is 0 Å². The number of benzene rings is 1. The molecule has 1 aromatic carbocycles. The van der Waals surface area contributed by atoms with Crippen LogP contribution in [0.2, 0.25) is 0 Å². The van der Waals surface area contributed by atoms with Gasteiger partial charge < -0.3 is 14.6 Å². The first-order valence-electron chi connectivity index (χ1n) is 6.66. The molecule has 0 aliphatic carbocycles. The number of aliphatic carboxylic acids is 1. The number of carbonyl (C=O) groups is 1. The Balaban J connectivity index is 2.26. The van der Waals surface area contributed by atoms with Gasteiger partial charge in [-0.1, -0.05) is 13.3 Å². The molecule has 2 rings (SSSR count).